The van der Waals surface area contributed by atoms with E-state index in [1.54, 1.807) is 0 Å². The van der Waals surface area contributed by atoms with Crippen LogP contribution in [-0.4, -0.2) is 31.1 Å². The lowest BCUT2D eigenvalue weighted by molar-refractivity contribution is 0.165. The van der Waals surface area contributed by atoms with Crippen molar-refractivity contribution in [2.24, 2.45) is 17.6 Å². The summed E-state index contributed by atoms with van der Waals surface area (Å²) in [6, 6.07) is 0.857. The summed E-state index contributed by atoms with van der Waals surface area (Å²) in [6.07, 6.45) is 10.9. The molecule has 0 aromatic carbocycles. The first-order valence-corrected chi connectivity index (χ1v) is 8.07. The maximum atomic E-state index is 5.66. The Labute approximate surface area is 114 Å². The molecule has 0 amide bonds. The van der Waals surface area contributed by atoms with E-state index >= 15 is 0 Å². The van der Waals surface area contributed by atoms with E-state index in [4.69, 9.17) is 5.73 Å². The molecular weight excluding hydrogens is 220 g/mol. The van der Waals surface area contributed by atoms with E-state index in [2.05, 4.69) is 25.8 Å². The minimum absolute atomic E-state index is 0.856. The Morgan fingerprint density at radius 1 is 1.17 bits per heavy atom. The van der Waals surface area contributed by atoms with Crippen LogP contribution in [0.25, 0.3) is 0 Å². The maximum Gasteiger partial charge on any atom is 0.00924 e. The molecule has 0 bridgehead atoms. The third-order valence-corrected chi connectivity index (χ3v) is 4.88. The molecule has 108 valence electrons. The van der Waals surface area contributed by atoms with Crippen molar-refractivity contribution in [3.05, 3.63) is 0 Å². The van der Waals surface area contributed by atoms with Crippen LogP contribution in [0, 0.1) is 11.8 Å². The summed E-state index contributed by atoms with van der Waals surface area (Å²) >= 11 is 0. The normalized spacial score (nSPS) is 26.5. The highest BCUT2D eigenvalue weighted by Gasteiger charge is 2.21. The second kappa shape index (κ2) is 8.92. The quantitative estimate of drug-likeness (QED) is 0.716. The molecule has 1 atom stereocenters. The van der Waals surface area contributed by atoms with Crippen molar-refractivity contribution in [2.45, 2.75) is 71.3 Å². The van der Waals surface area contributed by atoms with Crippen LogP contribution in [0.1, 0.15) is 65.2 Å². The molecule has 1 unspecified atom stereocenters. The number of hydrogen-bond donors (Lipinski definition) is 1. The van der Waals surface area contributed by atoms with Gasteiger partial charge in [0.05, 0.1) is 0 Å². The van der Waals surface area contributed by atoms with Crippen LogP contribution in [0.5, 0.6) is 0 Å². The molecule has 0 aromatic rings. The van der Waals surface area contributed by atoms with E-state index in [1.807, 2.05) is 0 Å². The molecule has 1 rings (SSSR count). The first-order valence-electron chi connectivity index (χ1n) is 8.07. The summed E-state index contributed by atoms with van der Waals surface area (Å²) in [7, 11) is 2.32. The van der Waals surface area contributed by atoms with E-state index in [9.17, 15) is 0 Å². The third kappa shape index (κ3) is 5.71. The van der Waals surface area contributed by atoms with Gasteiger partial charge >= 0.3 is 0 Å². The Kier molecular flexibility index (Phi) is 7.92. The van der Waals surface area contributed by atoms with Crippen molar-refractivity contribution in [3.8, 4) is 0 Å². The molecule has 0 spiro atoms. The van der Waals surface area contributed by atoms with E-state index < -0.39 is 0 Å². The van der Waals surface area contributed by atoms with Crippen LogP contribution in [-0.2, 0) is 0 Å². The van der Waals surface area contributed by atoms with Gasteiger partial charge in [-0.25, -0.2) is 0 Å². The van der Waals surface area contributed by atoms with Gasteiger partial charge in [-0.1, -0.05) is 20.3 Å². The molecule has 1 aliphatic carbocycles. The van der Waals surface area contributed by atoms with Crippen LogP contribution < -0.4 is 5.73 Å². The van der Waals surface area contributed by atoms with Gasteiger partial charge in [0.15, 0.2) is 0 Å². The first kappa shape index (κ1) is 16.0. The van der Waals surface area contributed by atoms with Crippen LogP contribution in [0.2, 0.25) is 0 Å². The lowest BCUT2D eigenvalue weighted by Crippen LogP contribution is -2.35. The maximum absolute atomic E-state index is 5.66. The molecule has 18 heavy (non-hydrogen) atoms. The SMILES string of the molecule is CCC(CCN)CCCN(C)C1CCC(C)CC1. The molecule has 2 N–H and O–H groups in total. The van der Waals surface area contributed by atoms with Crippen molar-refractivity contribution in [1.82, 2.24) is 4.90 Å². The van der Waals surface area contributed by atoms with Gasteiger partial charge in [-0.15, -0.1) is 0 Å². The fourth-order valence-corrected chi connectivity index (χ4v) is 3.28. The summed E-state index contributed by atoms with van der Waals surface area (Å²) in [4.78, 5) is 2.61. The van der Waals surface area contributed by atoms with Gasteiger partial charge in [0.2, 0.25) is 0 Å². The highest BCUT2D eigenvalue weighted by atomic mass is 15.1. The topological polar surface area (TPSA) is 29.3 Å². The van der Waals surface area contributed by atoms with Gasteiger partial charge in [0.1, 0.15) is 0 Å². The van der Waals surface area contributed by atoms with Gasteiger partial charge in [-0.2, -0.15) is 0 Å². The standard InChI is InChI=1S/C16H34N2/c1-4-15(11-12-17)6-5-13-18(3)16-9-7-14(2)8-10-16/h14-16H,4-13,17H2,1-3H3. The van der Waals surface area contributed by atoms with Crippen molar-refractivity contribution in [1.29, 1.82) is 0 Å². The zero-order valence-corrected chi connectivity index (χ0v) is 12.8. The molecule has 1 saturated carbocycles. The second-order valence-corrected chi connectivity index (χ2v) is 6.39. The lowest BCUT2D eigenvalue weighted by Gasteiger charge is -2.33. The lowest BCUT2D eigenvalue weighted by atomic mass is 9.86. The zero-order chi connectivity index (χ0) is 13.4. The molecule has 0 radical (unpaired) electrons. The molecule has 1 fully saturated rings. The smallest absolute Gasteiger partial charge is 0.00924 e. The summed E-state index contributed by atoms with van der Waals surface area (Å²) < 4.78 is 0. The largest absolute Gasteiger partial charge is 0.330 e. The first-order chi connectivity index (χ1) is 8.67. The van der Waals surface area contributed by atoms with Crippen LogP contribution in [0.15, 0.2) is 0 Å². The van der Waals surface area contributed by atoms with E-state index in [0.29, 0.717) is 0 Å². The van der Waals surface area contributed by atoms with Crippen LogP contribution >= 0.6 is 0 Å². The Bertz CT molecular complexity index is 197. The minimum atomic E-state index is 0.856. The fourth-order valence-electron chi connectivity index (χ4n) is 3.28. The fraction of sp³-hybridized carbons (Fsp3) is 1.00. The number of rotatable bonds is 8. The number of nitrogens with two attached hydrogens (primary N) is 1. The predicted molar refractivity (Wildman–Crippen MR) is 80.7 cm³/mol. The molecule has 1 aliphatic rings. The Morgan fingerprint density at radius 2 is 1.83 bits per heavy atom. The molecule has 2 heteroatoms. The average molecular weight is 254 g/mol. The molecular formula is C16H34N2. The molecule has 0 aliphatic heterocycles. The van der Waals surface area contributed by atoms with E-state index in [-0.39, 0.29) is 0 Å². The average Bonchev–Trinajstić information content (AvgIpc) is 2.38. The molecule has 2 nitrogen and oxygen atoms in total. The molecule has 0 saturated heterocycles. The van der Waals surface area contributed by atoms with Crippen molar-refractivity contribution < 1.29 is 0 Å². The zero-order valence-electron chi connectivity index (χ0n) is 12.8. The van der Waals surface area contributed by atoms with E-state index in [0.717, 1.165) is 24.4 Å². The summed E-state index contributed by atoms with van der Waals surface area (Å²) in [5, 5.41) is 0. The third-order valence-electron chi connectivity index (χ3n) is 4.88. The van der Waals surface area contributed by atoms with Crippen LogP contribution in [0.4, 0.5) is 0 Å². The van der Waals surface area contributed by atoms with Gasteiger partial charge in [-0.3, -0.25) is 0 Å². The second-order valence-electron chi connectivity index (χ2n) is 6.39. The highest BCUT2D eigenvalue weighted by molar-refractivity contribution is 4.76. The highest BCUT2D eigenvalue weighted by Crippen LogP contribution is 2.26. The monoisotopic (exact) mass is 254 g/mol. The number of nitrogens with zero attached hydrogens (tertiary/aromatic N) is 1. The summed E-state index contributed by atoms with van der Waals surface area (Å²) in [5.41, 5.74) is 5.66. The van der Waals surface area contributed by atoms with Crippen LogP contribution in [0.3, 0.4) is 0 Å². The minimum Gasteiger partial charge on any atom is -0.330 e. The number of hydrogen-bond acceptors (Lipinski definition) is 2. The van der Waals surface area contributed by atoms with Gasteiger partial charge in [0.25, 0.3) is 0 Å². The van der Waals surface area contributed by atoms with Crippen molar-refractivity contribution >= 4 is 0 Å². The van der Waals surface area contributed by atoms with E-state index in [1.165, 1.54) is 57.9 Å². The molecule has 0 aromatic heterocycles. The molecule has 0 heterocycles. The van der Waals surface area contributed by atoms with Crippen molar-refractivity contribution in [2.75, 3.05) is 20.1 Å². The Balaban J connectivity index is 2.14. The van der Waals surface area contributed by atoms with Gasteiger partial charge < -0.3 is 10.6 Å². The van der Waals surface area contributed by atoms with Gasteiger partial charge in [0, 0.05) is 6.04 Å². The summed E-state index contributed by atoms with van der Waals surface area (Å²) in [5.74, 6) is 1.82. The Morgan fingerprint density at radius 3 is 2.39 bits per heavy atom. The van der Waals surface area contributed by atoms with Gasteiger partial charge in [-0.05, 0) is 76.9 Å². The predicted octanol–water partition coefficient (Wildman–Crippen LogP) is 3.65. The summed E-state index contributed by atoms with van der Waals surface area (Å²) in [6.45, 7) is 6.83. The Hall–Kier alpha value is -0.0800. The van der Waals surface area contributed by atoms with Crippen molar-refractivity contribution in [3.63, 3.8) is 0 Å².